The molecule has 344 valence electrons. The maximum Gasteiger partial charge on any atom is 0.329 e. The molecule has 1 aliphatic carbocycles. The van der Waals surface area contributed by atoms with Gasteiger partial charge in [-0.1, -0.05) is 45.9 Å². The fraction of sp³-hybridized carbons (Fsp3) is 0.822. The number of ether oxygens (including phenoxy) is 5. The quantitative estimate of drug-likeness (QED) is 0.114. The molecular formula is C45H74ClNO13. The highest BCUT2D eigenvalue weighted by molar-refractivity contribution is 6.39. The van der Waals surface area contributed by atoms with Gasteiger partial charge in [-0.25, -0.2) is 4.79 Å². The minimum atomic E-state index is -2.54. The van der Waals surface area contributed by atoms with Gasteiger partial charge in [0.15, 0.2) is 0 Å². The fourth-order valence-electron chi connectivity index (χ4n) is 9.60. The van der Waals surface area contributed by atoms with Gasteiger partial charge in [0.25, 0.3) is 11.7 Å². The first-order valence-electron chi connectivity index (χ1n) is 21.4. The summed E-state index contributed by atoms with van der Waals surface area (Å²) in [6, 6.07) is -1.18. The van der Waals surface area contributed by atoms with E-state index in [0.29, 0.717) is 50.5 Å². The number of fused-ring (bicyclic) bond motifs is 3. The highest BCUT2D eigenvalue weighted by atomic mass is 35.5. The minimum Gasteiger partial charge on any atom is -0.456 e. The van der Waals surface area contributed by atoms with Crippen molar-refractivity contribution in [2.75, 3.05) is 33.8 Å². The van der Waals surface area contributed by atoms with Crippen LogP contribution in [0.5, 0.6) is 0 Å². The zero-order chi connectivity index (χ0) is 43.8. The smallest absolute Gasteiger partial charge is 0.329 e. The van der Waals surface area contributed by atoms with E-state index in [-0.39, 0.29) is 69.3 Å². The van der Waals surface area contributed by atoms with Gasteiger partial charge < -0.3 is 49.0 Å². The van der Waals surface area contributed by atoms with Crippen LogP contribution in [0.15, 0.2) is 23.3 Å². The highest BCUT2D eigenvalue weighted by Crippen LogP contribution is 2.39. The van der Waals surface area contributed by atoms with Crippen molar-refractivity contribution < 1.29 is 63.3 Å². The summed E-state index contributed by atoms with van der Waals surface area (Å²) in [7, 11) is 4.55. The monoisotopic (exact) mass is 871 g/mol. The molecule has 4 aliphatic rings. The van der Waals surface area contributed by atoms with E-state index in [1.54, 1.807) is 34.0 Å². The van der Waals surface area contributed by atoms with Crippen LogP contribution in [0.4, 0.5) is 0 Å². The summed E-state index contributed by atoms with van der Waals surface area (Å²) < 4.78 is 29.7. The molecule has 60 heavy (non-hydrogen) atoms. The number of alkyl halides is 1. The Morgan fingerprint density at radius 3 is 2.23 bits per heavy atom. The van der Waals surface area contributed by atoms with E-state index in [1.165, 1.54) is 14.2 Å². The van der Waals surface area contributed by atoms with Crippen LogP contribution < -0.4 is 0 Å². The number of methoxy groups -OCH3 is 3. The molecular weight excluding hydrogens is 798 g/mol. The molecule has 1 unspecified atom stereocenters. The molecule has 0 spiro atoms. The second-order valence-electron chi connectivity index (χ2n) is 17.8. The molecule has 3 aliphatic heterocycles. The van der Waals surface area contributed by atoms with E-state index < -0.39 is 90.0 Å². The van der Waals surface area contributed by atoms with Gasteiger partial charge in [-0.3, -0.25) is 14.4 Å². The van der Waals surface area contributed by atoms with E-state index in [9.17, 15) is 39.6 Å². The second-order valence-corrected chi connectivity index (χ2v) is 18.1. The van der Waals surface area contributed by atoms with Crippen molar-refractivity contribution in [1.29, 1.82) is 0 Å². The third kappa shape index (κ3) is 12.7. The van der Waals surface area contributed by atoms with Gasteiger partial charge in [-0.2, -0.15) is 0 Å². The van der Waals surface area contributed by atoms with Crippen molar-refractivity contribution in [1.82, 2.24) is 4.90 Å². The number of amides is 1. The van der Waals surface area contributed by atoms with E-state index in [2.05, 4.69) is 0 Å². The first kappa shape index (κ1) is 52.1. The average molecular weight is 873 g/mol. The molecule has 3 fully saturated rings. The average Bonchev–Trinajstić information content (AvgIpc) is 3.21. The van der Waals surface area contributed by atoms with Gasteiger partial charge in [0.05, 0.1) is 36.6 Å². The number of carbonyl (C=O) groups excluding carboxylic acids is 4. The number of aliphatic hydroxyl groups excluding tert-OH is 3. The molecule has 1 amide bonds. The van der Waals surface area contributed by atoms with Crippen molar-refractivity contribution in [3.05, 3.63) is 23.3 Å². The summed E-state index contributed by atoms with van der Waals surface area (Å²) in [5.41, 5.74) is 1.47. The SMILES string of the molecule is C.CO[C@H]1C[C@@H](C)C/C(C)=C/[C@@H](CC(O)CCl)C(=O)C[C@H](O)[C@@H](C)[C@@H](/C(C)=C/[C@@H]2CC[C@@H](O)[C@H](OC)C2)OC(=O)[C@@H]2CCCCN2C(=O)C(=O)[C@]2(O)O[C@H]1[C@@H](OC)C[C@H]2C. The number of nitrogens with zero attached hydrogens (tertiary/aromatic N) is 1. The Balaban J connectivity index is 0.00000961. The van der Waals surface area contributed by atoms with E-state index in [4.69, 9.17) is 35.3 Å². The van der Waals surface area contributed by atoms with Gasteiger partial charge in [0.1, 0.15) is 24.0 Å². The zero-order valence-electron chi connectivity index (χ0n) is 36.2. The van der Waals surface area contributed by atoms with Crippen molar-refractivity contribution in [3.8, 4) is 0 Å². The van der Waals surface area contributed by atoms with Crippen molar-refractivity contribution >= 4 is 35.0 Å². The van der Waals surface area contributed by atoms with Crippen LogP contribution in [-0.4, -0.2) is 143 Å². The number of piperidine rings is 1. The molecule has 1 saturated carbocycles. The number of ketones is 2. The van der Waals surface area contributed by atoms with Crippen molar-refractivity contribution in [3.63, 3.8) is 0 Å². The highest BCUT2D eigenvalue weighted by Gasteiger charge is 2.56. The number of halogens is 1. The van der Waals surface area contributed by atoms with Crippen LogP contribution in [0.2, 0.25) is 0 Å². The van der Waals surface area contributed by atoms with Gasteiger partial charge in [-0.15, -0.1) is 11.6 Å². The number of hydrogen-bond donors (Lipinski definition) is 4. The first-order chi connectivity index (χ1) is 27.9. The van der Waals surface area contributed by atoms with Crippen LogP contribution in [-0.2, 0) is 42.9 Å². The molecule has 2 bridgehead atoms. The lowest BCUT2D eigenvalue weighted by Crippen LogP contribution is -2.64. The Kier molecular flexibility index (Phi) is 20.3. The van der Waals surface area contributed by atoms with Gasteiger partial charge in [-0.05, 0) is 95.5 Å². The Hall–Kier alpha value is -2.27. The second kappa shape index (κ2) is 23.4. The molecule has 15 atom stereocenters. The van der Waals surface area contributed by atoms with Crippen molar-refractivity contribution in [2.24, 2.45) is 29.6 Å². The molecule has 0 aromatic carbocycles. The van der Waals surface area contributed by atoms with E-state index in [0.717, 1.165) is 10.5 Å². The molecule has 2 saturated heterocycles. The largest absolute Gasteiger partial charge is 0.456 e. The number of carbonyl (C=O) groups is 4. The number of hydrogen-bond acceptors (Lipinski definition) is 13. The molecule has 0 aromatic rings. The van der Waals surface area contributed by atoms with E-state index in [1.807, 2.05) is 19.9 Å². The Morgan fingerprint density at radius 2 is 1.60 bits per heavy atom. The summed E-state index contributed by atoms with van der Waals surface area (Å²) >= 11 is 6.00. The summed E-state index contributed by atoms with van der Waals surface area (Å²) in [6.07, 6.45) is 1.07. The van der Waals surface area contributed by atoms with Gasteiger partial charge >= 0.3 is 5.97 Å². The fourth-order valence-corrected chi connectivity index (χ4v) is 9.73. The third-order valence-electron chi connectivity index (χ3n) is 13.2. The first-order valence-corrected chi connectivity index (χ1v) is 21.9. The predicted molar refractivity (Wildman–Crippen MR) is 226 cm³/mol. The van der Waals surface area contributed by atoms with Gasteiger partial charge in [0, 0.05) is 57.9 Å². The summed E-state index contributed by atoms with van der Waals surface area (Å²) in [6.45, 7) is 9.04. The molecule has 3 heterocycles. The Morgan fingerprint density at radius 1 is 0.950 bits per heavy atom. The van der Waals surface area contributed by atoms with Crippen LogP contribution in [0.1, 0.15) is 113 Å². The van der Waals surface area contributed by atoms with Crippen LogP contribution >= 0.6 is 11.6 Å². The summed E-state index contributed by atoms with van der Waals surface area (Å²) in [4.78, 5) is 58.0. The lowest BCUT2D eigenvalue weighted by molar-refractivity contribution is -0.302. The maximum absolute atomic E-state index is 14.3. The normalized spacial score (nSPS) is 40.0. The van der Waals surface area contributed by atoms with Crippen LogP contribution in [0.25, 0.3) is 0 Å². The summed E-state index contributed by atoms with van der Waals surface area (Å²) in [5.74, 6) is -8.52. The topological polar surface area (TPSA) is 199 Å². The number of cyclic esters (lactones) is 1. The lowest BCUT2D eigenvalue weighted by atomic mass is 9.81. The van der Waals surface area contributed by atoms with Gasteiger partial charge in [0.2, 0.25) is 5.79 Å². The Bertz CT molecular complexity index is 1510. The van der Waals surface area contributed by atoms with E-state index >= 15 is 0 Å². The molecule has 4 N–H and O–H groups in total. The molecule has 0 radical (unpaired) electrons. The number of esters is 1. The molecule has 0 aromatic heterocycles. The molecule has 14 nitrogen and oxygen atoms in total. The number of Topliss-reactive ketones (excluding diaryl/α,β-unsaturated/α-hetero) is 2. The maximum atomic E-state index is 14.3. The Labute approximate surface area is 362 Å². The van der Waals surface area contributed by atoms with Crippen LogP contribution in [0, 0.1) is 29.6 Å². The van der Waals surface area contributed by atoms with Crippen LogP contribution in [0.3, 0.4) is 0 Å². The number of rotatable bonds is 8. The number of aliphatic hydroxyl groups is 4. The molecule has 4 rings (SSSR count). The molecule has 15 heteroatoms. The summed E-state index contributed by atoms with van der Waals surface area (Å²) in [5, 5.41) is 44.8. The third-order valence-corrected chi connectivity index (χ3v) is 13.5. The standard InChI is InChI=1S/C44H70ClNO13.CH4/c1-24-15-25(2)17-37(56-7)40-38(57-8)19-27(4)44(54,59-40)41(51)42(52)46-14-10-9-11-32(46)43(53)58-39(26(3)18-29-12-13-33(48)36(20-29)55-6)28(5)34(49)22-35(50)30(16-24)21-31(47)23-45;/h16,18,25,27-34,36-40,47-49,54H,9-15,17,19-23H2,1-8H3;1H4/b24-16+,26-18+;/t25-,27+,28+,29-,30-,31?,32-,33+,34-,36+,37-,38-,39+,40+,44+;/m0./s1. The minimum absolute atomic E-state index is 0. The van der Waals surface area contributed by atoms with Crippen molar-refractivity contribution in [2.45, 2.75) is 173 Å². The predicted octanol–water partition coefficient (Wildman–Crippen LogP) is 4.69. The lowest BCUT2D eigenvalue weighted by Gasteiger charge is -2.47. The zero-order valence-corrected chi connectivity index (χ0v) is 37.0. The number of allylic oxidation sites excluding steroid dienone is 3.